The molecular weight excluding hydrogens is 465 g/mol. The van der Waals surface area contributed by atoms with Gasteiger partial charge >= 0.3 is 11.9 Å². The van der Waals surface area contributed by atoms with E-state index >= 15 is 0 Å². The number of carbonyl (C=O) groups excluding carboxylic acids is 2. The molecule has 3 rings (SSSR count). The fraction of sp³-hybridized carbons (Fsp3) is 0.360. The molecule has 0 amide bonds. The van der Waals surface area contributed by atoms with Crippen LogP contribution in [-0.2, 0) is 19.1 Å². The van der Waals surface area contributed by atoms with E-state index in [1.807, 2.05) is 0 Å². The van der Waals surface area contributed by atoms with Crippen molar-refractivity contribution in [1.29, 1.82) is 0 Å². The predicted molar refractivity (Wildman–Crippen MR) is 128 cm³/mol. The lowest BCUT2D eigenvalue weighted by atomic mass is 9.83. The van der Waals surface area contributed by atoms with Gasteiger partial charge in [-0.3, -0.25) is 0 Å². The molecular formula is C25H27Cl2NO5. The van der Waals surface area contributed by atoms with Crippen LogP contribution in [0.2, 0.25) is 10.0 Å². The van der Waals surface area contributed by atoms with E-state index in [0.717, 1.165) is 0 Å². The topological polar surface area (TPSA) is 77.8 Å². The summed E-state index contributed by atoms with van der Waals surface area (Å²) in [5, 5.41) is 3.95. The van der Waals surface area contributed by atoms with Crippen LogP contribution in [-0.4, -0.2) is 24.1 Å². The molecule has 0 radical (unpaired) electrons. The van der Waals surface area contributed by atoms with E-state index < -0.39 is 17.9 Å². The van der Waals surface area contributed by atoms with Gasteiger partial charge in [-0.1, -0.05) is 23.2 Å². The molecule has 6 nitrogen and oxygen atoms in total. The van der Waals surface area contributed by atoms with Crippen LogP contribution in [0.5, 0.6) is 0 Å². The van der Waals surface area contributed by atoms with Crippen molar-refractivity contribution >= 4 is 35.1 Å². The Morgan fingerprint density at radius 3 is 1.91 bits per heavy atom. The molecule has 0 spiro atoms. The highest BCUT2D eigenvalue weighted by atomic mass is 35.5. The second-order valence-electron chi connectivity index (χ2n) is 8.37. The average molecular weight is 492 g/mol. The van der Waals surface area contributed by atoms with Gasteiger partial charge in [0.1, 0.15) is 11.5 Å². The molecule has 8 heteroatoms. The number of nitrogens with one attached hydrogen (secondary N) is 1. The van der Waals surface area contributed by atoms with Crippen LogP contribution < -0.4 is 5.32 Å². The number of halogens is 2. The quantitative estimate of drug-likeness (QED) is 0.471. The standard InChI is InChI=1S/C25H27Cl2NO5/c1-12(2)31-24(29)21-14(5)28-15(6)22(25(30)32-13(3)4)23(21)20-10-9-19(33-20)16-7-8-17(26)18(27)11-16/h7-13,23,28H,1-6H3. The summed E-state index contributed by atoms with van der Waals surface area (Å²) in [5.74, 6) is -0.946. The monoisotopic (exact) mass is 491 g/mol. The summed E-state index contributed by atoms with van der Waals surface area (Å²) in [6, 6.07) is 8.65. The molecule has 1 N–H and O–H groups in total. The van der Waals surface area contributed by atoms with Gasteiger partial charge in [0.25, 0.3) is 0 Å². The van der Waals surface area contributed by atoms with Crippen molar-refractivity contribution in [3.8, 4) is 11.3 Å². The van der Waals surface area contributed by atoms with Crippen molar-refractivity contribution < 1.29 is 23.5 Å². The number of hydrogen-bond donors (Lipinski definition) is 1. The minimum absolute atomic E-state index is 0.292. The number of allylic oxidation sites excluding steroid dienone is 2. The highest BCUT2D eigenvalue weighted by molar-refractivity contribution is 6.42. The van der Waals surface area contributed by atoms with Gasteiger partial charge in [-0.05, 0) is 71.9 Å². The first kappa shape index (κ1) is 24.9. The van der Waals surface area contributed by atoms with Crippen LogP contribution in [0.15, 0.2) is 57.3 Å². The number of benzene rings is 1. The molecule has 1 aliphatic heterocycles. The summed E-state index contributed by atoms with van der Waals surface area (Å²) >= 11 is 12.2. The van der Waals surface area contributed by atoms with Gasteiger partial charge in [0.15, 0.2) is 0 Å². The Morgan fingerprint density at radius 2 is 1.42 bits per heavy atom. The van der Waals surface area contributed by atoms with Crippen LogP contribution in [0, 0.1) is 0 Å². The van der Waals surface area contributed by atoms with Gasteiger partial charge in [0.05, 0.1) is 39.3 Å². The van der Waals surface area contributed by atoms with Crippen LogP contribution in [0.3, 0.4) is 0 Å². The van der Waals surface area contributed by atoms with Crippen molar-refractivity contribution in [3.63, 3.8) is 0 Å². The van der Waals surface area contributed by atoms with Crippen LogP contribution in [0.4, 0.5) is 0 Å². The lowest BCUT2D eigenvalue weighted by Gasteiger charge is -2.29. The van der Waals surface area contributed by atoms with E-state index in [2.05, 4.69) is 5.32 Å². The van der Waals surface area contributed by atoms with Crippen molar-refractivity contribution in [2.24, 2.45) is 0 Å². The number of carbonyl (C=O) groups is 2. The third-order valence-electron chi connectivity index (χ3n) is 5.00. The Hall–Kier alpha value is -2.70. The summed E-state index contributed by atoms with van der Waals surface area (Å²) in [6.45, 7) is 10.6. The molecule has 2 heterocycles. The smallest absolute Gasteiger partial charge is 0.337 e. The van der Waals surface area contributed by atoms with E-state index in [1.165, 1.54) is 0 Å². The van der Waals surface area contributed by atoms with Gasteiger partial charge < -0.3 is 19.2 Å². The normalized spacial score (nSPS) is 14.7. The molecule has 1 aliphatic rings. The van der Waals surface area contributed by atoms with E-state index in [-0.39, 0.29) is 12.2 Å². The lowest BCUT2D eigenvalue weighted by molar-refractivity contribution is -0.143. The van der Waals surface area contributed by atoms with Gasteiger partial charge in [-0.25, -0.2) is 9.59 Å². The van der Waals surface area contributed by atoms with E-state index in [0.29, 0.717) is 49.7 Å². The van der Waals surface area contributed by atoms with Crippen molar-refractivity contribution in [2.45, 2.75) is 59.7 Å². The van der Waals surface area contributed by atoms with Gasteiger partial charge in [0, 0.05) is 17.0 Å². The molecule has 0 bridgehead atoms. The number of esters is 2. The van der Waals surface area contributed by atoms with E-state index in [1.54, 1.807) is 71.9 Å². The SMILES string of the molecule is CC1=C(C(=O)OC(C)C)C(c2ccc(-c3ccc(Cl)c(Cl)c3)o2)C(C(=O)OC(C)C)=C(C)N1. The Morgan fingerprint density at radius 1 is 0.879 bits per heavy atom. The molecule has 2 aromatic rings. The summed E-state index contributed by atoms with van der Waals surface area (Å²) in [6.07, 6.45) is -0.667. The first-order valence-corrected chi connectivity index (χ1v) is 11.4. The number of rotatable bonds is 6. The Labute approximate surface area is 203 Å². The maximum Gasteiger partial charge on any atom is 0.337 e. The zero-order valence-electron chi connectivity index (χ0n) is 19.4. The number of furan rings is 1. The minimum Gasteiger partial charge on any atom is -0.460 e. The second kappa shape index (κ2) is 10.1. The van der Waals surface area contributed by atoms with E-state index in [4.69, 9.17) is 37.1 Å². The Balaban J connectivity index is 2.13. The molecule has 0 unspecified atom stereocenters. The average Bonchev–Trinajstić information content (AvgIpc) is 3.18. The zero-order chi connectivity index (χ0) is 24.4. The zero-order valence-corrected chi connectivity index (χ0v) is 20.9. The maximum atomic E-state index is 13.1. The van der Waals surface area contributed by atoms with Crippen LogP contribution >= 0.6 is 23.2 Å². The summed E-state index contributed by atoms with van der Waals surface area (Å²) in [4.78, 5) is 26.2. The highest BCUT2D eigenvalue weighted by Crippen LogP contribution is 2.41. The molecule has 1 aromatic heterocycles. The Bertz CT molecular complexity index is 1100. The molecule has 33 heavy (non-hydrogen) atoms. The fourth-order valence-electron chi connectivity index (χ4n) is 3.69. The third-order valence-corrected chi connectivity index (χ3v) is 5.74. The first-order valence-electron chi connectivity index (χ1n) is 10.6. The van der Waals surface area contributed by atoms with E-state index in [9.17, 15) is 9.59 Å². The molecule has 1 aromatic carbocycles. The second-order valence-corrected chi connectivity index (χ2v) is 9.19. The molecule has 0 atom stereocenters. The molecule has 176 valence electrons. The summed E-state index contributed by atoms with van der Waals surface area (Å²) in [5.41, 5.74) is 2.46. The number of dihydropyridines is 1. The fourth-order valence-corrected chi connectivity index (χ4v) is 3.99. The van der Waals surface area contributed by atoms with Crippen molar-refractivity contribution in [3.05, 3.63) is 68.7 Å². The van der Waals surface area contributed by atoms with Crippen molar-refractivity contribution in [1.82, 2.24) is 5.32 Å². The molecule has 0 saturated carbocycles. The van der Waals surface area contributed by atoms with Crippen LogP contribution in [0.25, 0.3) is 11.3 Å². The van der Waals surface area contributed by atoms with Crippen molar-refractivity contribution in [2.75, 3.05) is 0 Å². The lowest BCUT2D eigenvalue weighted by Crippen LogP contribution is -2.33. The molecule has 0 saturated heterocycles. The molecule has 0 fully saturated rings. The largest absolute Gasteiger partial charge is 0.460 e. The van der Waals surface area contributed by atoms with Gasteiger partial charge in [-0.15, -0.1) is 0 Å². The first-order chi connectivity index (χ1) is 15.5. The number of ether oxygens (including phenoxy) is 2. The summed E-state index contributed by atoms with van der Waals surface area (Å²) in [7, 11) is 0. The molecule has 0 aliphatic carbocycles. The number of hydrogen-bond acceptors (Lipinski definition) is 6. The highest BCUT2D eigenvalue weighted by Gasteiger charge is 2.40. The minimum atomic E-state index is -0.805. The predicted octanol–water partition coefficient (Wildman–Crippen LogP) is 6.39. The third kappa shape index (κ3) is 5.45. The maximum absolute atomic E-state index is 13.1. The Kier molecular flexibility index (Phi) is 7.60. The van der Waals surface area contributed by atoms with Gasteiger partial charge in [-0.2, -0.15) is 0 Å². The van der Waals surface area contributed by atoms with Gasteiger partial charge in [0.2, 0.25) is 0 Å². The summed E-state index contributed by atoms with van der Waals surface area (Å²) < 4.78 is 17.1. The van der Waals surface area contributed by atoms with Crippen LogP contribution in [0.1, 0.15) is 53.2 Å².